The second kappa shape index (κ2) is 8.94. The van der Waals surface area contributed by atoms with Crippen LogP contribution in [0.1, 0.15) is 16.7 Å². The first-order valence-electron chi connectivity index (χ1n) is 8.64. The van der Waals surface area contributed by atoms with Crippen molar-refractivity contribution in [1.29, 1.82) is 0 Å². The number of halogens is 2. The zero-order valence-corrected chi connectivity index (χ0v) is 16.4. The number of carbonyl (C=O) groups is 1. The topological polar surface area (TPSA) is 41.1 Å². The number of benzene rings is 3. The van der Waals surface area contributed by atoms with Gasteiger partial charge in [0.1, 0.15) is 0 Å². The van der Waals surface area contributed by atoms with Gasteiger partial charge in [0, 0.05) is 12.2 Å². The van der Waals surface area contributed by atoms with Gasteiger partial charge in [-0.25, -0.2) is 0 Å². The summed E-state index contributed by atoms with van der Waals surface area (Å²) in [5, 5.41) is 7.27. The SMILES string of the molecule is Cc1ccc(CNC(=O)Cc2ccccc2Nc2c(Cl)cccc2Cl)cc1. The van der Waals surface area contributed by atoms with E-state index < -0.39 is 0 Å². The summed E-state index contributed by atoms with van der Waals surface area (Å²) in [6, 6.07) is 21.1. The lowest BCUT2D eigenvalue weighted by molar-refractivity contribution is -0.120. The molecule has 0 unspecified atom stereocenters. The van der Waals surface area contributed by atoms with Crippen molar-refractivity contribution in [3.63, 3.8) is 0 Å². The van der Waals surface area contributed by atoms with Crippen LogP contribution >= 0.6 is 23.2 Å². The third kappa shape index (κ3) is 5.25. The minimum Gasteiger partial charge on any atom is -0.353 e. The molecule has 2 N–H and O–H groups in total. The fourth-order valence-corrected chi connectivity index (χ4v) is 3.18. The number of amides is 1. The first kappa shape index (κ1) is 19.3. The van der Waals surface area contributed by atoms with Crippen molar-refractivity contribution in [1.82, 2.24) is 5.32 Å². The first-order valence-corrected chi connectivity index (χ1v) is 9.39. The zero-order chi connectivity index (χ0) is 19.2. The molecular weight excluding hydrogens is 379 g/mol. The average Bonchev–Trinajstić information content (AvgIpc) is 2.66. The third-order valence-electron chi connectivity index (χ3n) is 4.20. The molecule has 0 aliphatic carbocycles. The van der Waals surface area contributed by atoms with E-state index in [4.69, 9.17) is 23.2 Å². The van der Waals surface area contributed by atoms with Gasteiger partial charge in [-0.05, 0) is 36.2 Å². The van der Waals surface area contributed by atoms with Crippen LogP contribution in [-0.2, 0) is 17.8 Å². The monoisotopic (exact) mass is 398 g/mol. The molecule has 0 bridgehead atoms. The van der Waals surface area contributed by atoms with E-state index in [0.717, 1.165) is 16.8 Å². The number of nitrogens with one attached hydrogen (secondary N) is 2. The summed E-state index contributed by atoms with van der Waals surface area (Å²) in [5.74, 6) is -0.0462. The summed E-state index contributed by atoms with van der Waals surface area (Å²) in [5.41, 5.74) is 4.58. The van der Waals surface area contributed by atoms with Crippen LogP contribution in [0.15, 0.2) is 66.7 Å². The van der Waals surface area contributed by atoms with Gasteiger partial charge >= 0.3 is 0 Å². The van der Waals surface area contributed by atoms with E-state index in [1.165, 1.54) is 5.56 Å². The molecule has 0 saturated heterocycles. The Morgan fingerprint density at radius 3 is 2.26 bits per heavy atom. The number of rotatable bonds is 6. The van der Waals surface area contributed by atoms with Crippen molar-refractivity contribution < 1.29 is 4.79 Å². The quantitative estimate of drug-likeness (QED) is 0.542. The largest absolute Gasteiger partial charge is 0.353 e. The molecule has 0 aromatic heterocycles. The fraction of sp³-hybridized carbons (Fsp3) is 0.136. The predicted molar refractivity (Wildman–Crippen MR) is 113 cm³/mol. The number of para-hydroxylation sites is 2. The van der Waals surface area contributed by atoms with Gasteiger partial charge in [0.25, 0.3) is 0 Å². The molecule has 0 saturated carbocycles. The summed E-state index contributed by atoms with van der Waals surface area (Å²) in [4.78, 5) is 12.4. The summed E-state index contributed by atoms with van der Waals surface area (Å²) >= 11 is 12.5. The predicted octanol–water partition coefficient (Wildman–Crippen LogP) is 5.90. The van der Waals surface area contributed by atoms with Crippen molar-refractivity contribution in [2.75, 3.05) is 5.32 Å². The highest BCUT2D eigenvalue weighted by molar-refractivity contribution is 6.39. The average molecular weight is 399 g/mol. The number of aryl methyl sites for hydroxylation is 1. The summed E-state index contributed by atoms with van der Waals surface area (Å²) < 4.78 is 0. The zero-order valence-electron chi connectivity index (χ0n) is 14.9. The van der Waals surface area contributed by atoms with E-state index in [1.807, 2.05) is 55.5 Å². The van der Waals surface area contributed by atoms with Crippen molar-refractivity contribution in [2.24, 2.45) is 0 Å². The van der Waals surface area contributed by atoms with Gasteiger partial charge in [0.15, 0.2) is 0 Å². The Hall–Kier alpha value is -2.49. The molecule has 27 heavy (non-hydrogen) atoms. The van der Waals surface area contributed by atoms with Crippen molar-refractivity contribution in [3.05, 3.63) is 93.5 Å². The minimum absolute atomic E-state index is 0.0462. The van der Waals surface area contributed by atoms with Crippen LogP contribution in [-0.4, -0.2) is 5.91 Å². The van der Waals surface area contributed by atoms with Crippen molar-refractivity contribution in [3.8, 4) is 0 Å². The number of anilines is 2. The second-order valence-electron chi connectivity index (χ2n) is 6.32. The highest BCUT2D eigenvalue weighted by Gasteiger charge is 2.11. The molecule has 5 heteroatoms. The van der Waals surface area contributed by atoms with Crippen LogP contribution in [0.25, 0.3) is 0 Å². The lowest BCUT2D eigenvalue weighted by Crippen LogP contribution is -2.24. The van der Waals surface area contributed by atoms with E-state index in [9.17, 15) is 4.79 Å². The first-order chi connectivity index (χ1) is 13.0. The molecule has 0 spiro atoms. The maximum Gasteiger partial charge on any atom is 0.224 e. The molecule has 0 atom stereocenters. The smallest absolute Gasteiger partial charge is 0.224 e. The molecule has 1 amide bonds. The molecule has 3 nitrogen and oxygen atoms in total. The van der Waals surface area contributed by atoms with Crippen LogP contribution in [0.4, 0.5) is 11.4 Å². The molecule has 0 aliphatic heterocycles. The van der Waals surface area contributed by atoms with E-state index >= 15 is 0 Å². The van der Waals surface area contributed by atoms with E-state index in [2.05, 4.69) is 10.6 Å². The van der Waals surface area contributed by atoms with Crippen LogP contribution < -0.4 is 10.6 Å². The molecule has 0 heterocycles. The Morgan fingerprint density at radius 1 is 0.889 bits per heavy atom. The standard InChI is InChI=1S/C22H20Cl2N2O/c1-15-9-11-16(12-10-15)14-25-21(27)13-17-5-2-3-8-20(17)26-22-18(23)6-4-7-19(22)24/h2-12,26H,13-14H2,1H3,(H,25,27). The molecule has 138 valence electrons. The number of carbonyl (C=O) groups excluding carboxylic acids is 1. The summed E-state index contributed by atoms with van der Waals surface area (Å²) in [6.45, 7) is 2.54. The molecular formula is C22H20Cl2N2O. The van der Waals surface area contributed by atoms with Gasteiger partial charge in [-0.15, -0.1) is 0 Å². The lowest BCUT2D eigenvalue weighted by atomic mass is 10.1. The molecule has 3 aromatic carbocycles. The molecule has 0 aliphatic rings. The molecule has 3 aromatic rings. The van der Waals surface area contributed by atoms with E-state index in [1.54, 1.807) is 18.2 Å². The normalized spacial score (nSPS) is 10.5. The Labute approximate surface area is 169 Å². The molecule has 0 radical (unpaired) electrons. The van der Waals surface area contributed by atoms with Crippen molar-refractivity contribution in [2.45, 2.75) is 19.9 Å². The highest BCUT2D eigenvalue weighted by Crippen LogP contribution is 2.33. The Kier molecular flexibility index (Phi) is 6.38. The maximum absolute atomic E-state index is 12.4. The second-order valence-corrected chi connectivity index (χ2v) is 7.13. The number of hydrogen-bond acceptors (Lipinski definition) is 2. The van der Waals surface area contributed by atoms with Crippen LogP contribution in [0.5, 0.6) is 0 Å². The van der Waals surface area contributed by atoms with Gasteiger partial charge < -0.3 is 10.6 Å². The van der Waals surface area contributed by atoms with Crippen LogP contribution in [0.3, 0.4) is 0 Å². The van der Waals surface area contributed by atoms with Gasteiger partial charge in [-0.2, -0.15) is 0 Å². The van der Waals surface area contributed by atoms with Crippen LogP contribution in [0, 0.1) is 6.92 Å². The Bertz CT molecular complexity index is 919. The van der Waals surface area contributed by atoms with E-state index in [-0.39, 0.29) is 12.3 Å². The molecule has 0 fully saturated rings. The van der Waals surface area contributed by atoms with Gasteiger partial charge in [0.05, 0.1) is 22.2 Å². The fourth-order valence-electron chi connectivity index (χ4n) is 2.69. The minimum atomic E-state index is -0.0462. The summed E-state index contributed by atoms with van der Waals surface area (Å²) in [7, 11) is 0. The molecule has 3 rings (SSSR count). The maximum atomic E-state index is 12.4. The van der Waals surface area contributed by atoms with Gasteiger partial charge in [-0.1, -0.05) is 77.3 Å². The number of hydrogen-bond donors (Lipinski definition) is 2. The van der Waals surface area contributed by atoms with Crippen LogP contribution in [0.2, 0.25) is 10.0 Å². The van der Waals surface area contributed by atoms with Gasteiger partial charge in [0.2, 0.25) is 5.91 Å². The van der Waals surface area contributed by atoms with Gasteiger partial charge in [-0.3, -0.25) is 4.79 Å². The lowest BCUT2D eigenvalue weighted by Gasteiger charge is -2.14. The van der Waals surface area contributed by atoms with Crippen molar-refractivity contribution >= 4 is 40.5 Å². The van der Waals surface area contributed by atoms with E-state index in [0.29, 0.717) is 22.3 Å². The Morgan fingerprint density at radius 2 is 1.56 bits per heavy atom. The third-order valence-corrected chi connectivity index (χ3v) is 4.83. The highest BCUT2D eigenvalue weighted by atomic mass is 35.5. The Balaban J connectivity index is 1.68. The summed E-state index contributed by atoms with van der Waals surface area (Å²) in [6.07, 6.45) is 0.261.